The fraction of sp³-hybridized carbons (Fsp3) is 0.312. The van der Waals surface area contributed by atoms with Gasteiger partial charge in [0.15, 0.2) is 5.78 Å². The number of rotatable bonds is 6. The first kappa shape index (κ1) is 15.0. The third-order valence-corrected chi connectivity index (χ3v) is 2.94. The van der Waals surface area contributed by atoms with Gasteiger partial charge in [0, 0.05) is 5.92 Å². The Morgan fingerprint density at radius 3 is 2.52 bits per heavy atom. The lowest BCUT2D eigenvalue weighted by atomic mass is 10.1. The van der Waals surface area contributed by atoms with E-state index >= 15 is 0 Å². The number of nitrogens with zero attached hydrogens (tertiary/aromatic N) is 2. The highest BCUT2D eigenvalue weighted by Gasteiger charge is 2.13. The maximum atomic E-state index is 11.9. The van der Waals surface area contributed by atoms with Crippen molar-refractivity contribution >= 4 is 5.78 Å². The van der Waals surface area contributed by atoms with Crippen molar-refractivity contribution < 1.29 is 14.3 Å². The van der Waals surface area contributed by atoms with Crippen LogP contribution in [0.4, 0.5) is 0 Å². The van der Waals surface area contributed by atoms with Crippen LogP contribution in [-0.4, -0.2) is 22.9 Å². The van der Waals surface area contributed by atoms with Crippen LogP contribution >= 0.6 is 0 Å². The van der Waals surface area contributed by atoms with E-state index in [1.54, 1.807) is 7.11 Å². The predicted octanol–water partition coefficient (Wildman–Crippen LogP) is 2.90. The lowest BCUT2D eigenvalue weighted by Gasteiger charge is -2.08. The van der Waals surface area contributed by atoms with Gasteiger partial charge in [-0.3, -0.25) is 9.78 Å². The van der Waals surface area contributed by atoms with Crippen LogP contribution < -0.4 is 9.47 Å². The van der Waals surface area contributed by atoms with Gasteiger partial charge in [0.2, 0.25) is 5.88 Å². The standard InChI is InChI=1S/C16H18N2O3/c1-11(2)16(19)14-8-17-9-15(18-14)21-10-12-4-6-13(20-3)7-5-12/h4-9,11H,10H2,1-3H3. The van der Waals surface area contributed by atoms with E-state index in [1.807, 2.05) is 38.1 Å². The first-order valence-corrected chi connectivity index (χ1v) is 6.72. The molecule has 0 N–H and O–H groups in total. The Morgan fingerprint density at radius 2 is 1.90 bits per heavy atom. The van der Waals surface area contributed by atoms with Gasteiger partial charge >= 0.3 is 0 Å². The molecule has 0 amide bonds. The molecule has 110 valence electrons. The van der Waals surface area contributed by atoms with Gasteiger partial charge < -0.3 is 9.47 Å². The molecular formula is C16H18N2O3. The molecule has 1 aromatic heterocycles. The molecule has 0 bridgehead atoms. The van der Waals surface area contributed by atoms with Gasteiger partial charge in [-0.1, -0.05) is 26.0 Å². The van der Waals surface area contributed by atoms with E-state index in [4.69, 9.17) is 9.47 Å². The van der Waals surface area contributed by atoms with E-state index in [2.05, 4.69) is 9.97 Å². The maximum absolute atomic E-state index is 11.9. The topological polar surface area (TPSA) is 61.3 Å². The SMILES string of the molecule is COc1ccc(COc2cncc(C(=O)C(C)C)n2)cc1. The molecule has 2 rings (SSSR count). The van der Waals surface area contributed by atoms with Crippen LogP contribution in [0.25, 0.3) is 0 Å². The molecule has 0 aliphatic rings. The summed E-state index contributed by atoms with van der Waals surface area (Å²) in [6, 6.07) is 7.55. The molecule has 0 saturated carbocycles. The number of hydrogen-bond donors (Lipinski definition) is 0. The highest BCUT2D eigenvalue weighted by atomic mass is 16.5. The number of carbonyl (C=O) groups is 1. The summed E-state index contributed by atoms with van der Waals surface area (Å²) in [5, 5.41) is 0. The van der Waals surface area contributed by atoms with Crippen molar-refractivity contribution in [2.24, 2.45) is 5.92 Å². The van der Waals surface area contributed by atoms with E-state index in [0.717, 1.165) is 11.3 Å². The summed E-state index contributed by atoms with van der Waals surface area (Å²) >= 11 is 0. The minimum Gasteiger partial charge on any atom is -0.497 e. The zero-order valence-electron chi connectivity index (χ0n) is 12.4. The third kappa shape index (κ3) is 4.02. The van der Waals surface area contributed by atoms with Gasteiger partial charge in [0.25, 0.3) is 0 Å². The molecule has 5 nitrogen and oxygen atoms in total. The zero-order chi connectivity index (χ0) is 15.2. The van der Waals surface area contributed by atoms with Gasteiger partial charge in [0.05, 0.1) is 19.5 Å². The van der Waals surface area contributed by atoms with E-state index in [9.17, 15) is 4.79 Å². The van der Waals surface area contributed by atoms with Gasteiger partial charge in [-0.25, -0.2) is 4.98 Å². The first-order valence-electron chi connectivity index (χ1n) is 6.72. The van der Waals surface area contributed by atoms with Crippen molar-refractivity contribution in [3.05, 3.63) is 47.9 Å². The highest BCUT2D eigenvalue weighted by Crippen LogP contribution is 2.14. The summed E-state index contributed by atoms with van der Waals surface area (Å²) in [6.45, 7) is 4.02. The Morgan fingerprint density at radius 1 is 1.19 bits per heavy atom. The zero-order valence-corrected chi connectivity index (χ0v) is 12.4. The molecule has 2 aromatic rings. The van der Waals surface area contributed by atoms with Crippen LogP contribution in [0, 0.1) is 5.92 Å². The number of ketones is 1. The molecule has 1 heterocycles. The van der Waals surface area contributed by atoms with Gasteiger partial charge in [-0.2, -0.15) is 0 Å². The Hall–Kier alpha value is -2.43. The Bertz CT molecular complexity index is 609. The molecule has 0 aliphatic carbocycles. The van der Waals surface area contributed by atoms with E-state index < -0.39 is 0 Å². The summed E-state index contributed by atoms with van der Waals surface area (Å²) in [5.74, 6) is 0.980. The molecular weight excluding hydrogens is 268 g/mol. The molecule has 0 spiro atoms. The molecule has 0 radical (unpaired) electrons. The average molecular weight is 286 g/mol. The van der Waals surface area contributed by atoms with E-state index in [1.165, 1.54) is 12.4 Å². The second-order valence-corrected chi connectivity index (χ2v) is 4.90. The Kier molecular flexibility index (Phi) is 4.87. The molecule has 1 aromatic carbocycles. The average Bonchev–Trinajstić information content (AvgIpc) is 2.53. The van der Waals surface area contributed by atoms with Crippen LogP contribution in [-0.2, 0) is 6.61 Å². The van der Waals surface area contributed by atoms with Crippen molar-refractivity contribution in [1.82, 2.24) is 9.97 Å². The van der Waals surface area contributed by atoms with Crippen molar-refractivity contribution in [2.75, 3.05) is 7.11 Å². The second-order valence-electron chi connectivity index (χ2n) is 4.90. The number of carbonyl (C=O) groups excluding carboxylic acids is 1. The maximum Gasteiger partial charge on any atom is 0.233 e. The molecule has 0 unspecified atom stereocenters. The van der Waals surface area contributed by atoms with Gasteiger partial charge in [0.1, 0.15) is 18.1 Å². The number of Topliss-reactive ketones (excluding diaryl/α,β-unsaturated/α-hetero) is 1. The fourth-order valence-corrected chi connectivity index (χ4v) is 1.71. The summed E-state index contributed by atoms with van der Waals surface area (Å²) in [7, 11) is 1.62. The molecule has 5 heteroatoms. The first-order chi connectivity index (χ1) is 10.1. The quantitative estimate of drug-likeness (QED) is 0.764. The van der Waals surface area contributed by atoms with Crippen molar-refractivity contribution in [1.29, 1.82) is 0 Å². The van der Waals surface area contributed by atoms with Gasteiger partial charge in [-0.15, -0.1) is 0 Å². The van der Waals surface area contributed by atoms with Crippen LogP contribution in [0.3, 0.4) is 0 Å². The number of methoxy groups -OCH3 is 1. The van der Waals surface area contributed by atoms with Crippen LogP contribution in [0.15, 0.2) is 36.7 Å². The third-order valence-electron chi connectivity index (χ3n) is 2.94. The van der Waals surface area contributed by atoms with Crippen LogP contribution in [0.2, 0.25) is 0 Å². The largest absolute Gasteiger partial charge is 0.497 e. The van der Waals surface area contributed by atoms with Crippen LogP contribution in [0.5, 0.6) is 11.6 Å². The normalized spacial score (nSPS) is 10.5. The summed E-state index contributed by atoms with van der Waals surface area (Å²) in [5.41, 5.74) is 1.32. The molecule has 21 heavy (non-hydrogen) atoms. The lowest BCUT2D eigenvalue weighted by molar-refractivity contribution is 0.0932. The van der Waals surface area contributed by atoms with Crippen molar-refractivity contribution in [3.8, 4) is 11.6 Å². The number of benzene rings is 1. The second kappa shape index (κ2) is 6.83. The summed E-state index contributed by atoms with van der Waals surface area (Å²) in [6.07, 6.45) is 2.96. The van der Waals surface area contributed by atoms with Crippen molar-refractivity contribution in [2.45, 2.75) is 20.5 Å². The minimum absolute atomic E-state index is 0.0441. The van der Waals surface area contributed by atoms with Gasteiger partial charge in [-0.05, 0) is 17.7 Å². The molecule has 0 saturated heterocycles. The Labute approximate surface area is 124 Å². The summed E-state index contributed by atoms with van der Waals surface area (Å²) < 4.78 is 10.7. The number of aromatic nitrogens is 2. The number of hydrogen-bond acceptors (Lipinski definition) is 5. The van der Waals surface area contributed by atoms with Crippen LogP contribution in [0.1, 0.15) is 29.9 Å². The number of ether oxygens (including phenoxy) is 2. The Balaban J connectivity index is 2.02. The molecule has 0 fully saturated rings. The minimum atomic E-state index is -0.115. The smallest absolute Gasteiger partial charge is 0.233 e. The van der Waals surface area contributed by atoms with E-state index in [0.29, 0.717) is 18.2 Å². The molecule has 0 aliphatic heterocycles. The van der Waals surface area contributed by atoms with E-state index in [-0.39, 0.29) is 11.7 Å². The summed E-state index contributed by atoms with van der Waals surface area (Å²) in [4.78, 5) is 20.1. The fourth-order valence-electron chi connectivity index (χ4n) is 1.71. The highest BCUT2D eigenvalue weighted by molar-refractivity contribution is 5.95. The monoisotopic (exact) mass is 286 g/mol. The predicted molar refractivity (Wildman–Crippen MR) is 78.5 cm³/mol. The molecule has 0 atom stereocenters. The lowest BCUT2D eigenvalue weighted by Crippen LogP contribution is -2.11. The van der Waals surface area contributed by atoms with Crippen molar-refractivity contribution in [3.63, 3.8) is 0 Å².